The van der Waals surface area contributed by atoms with E-state index in [1.807, 2.05) is 0 Å². The maximum Gasteiger partial charge on any atom is 0.0557 e. The van der Waals surface area contributed by atoms with Crippen LogP contribution in [0.5, 0.6) is 0 Å². The molecule has 0 aromatic heterocycles. The fourth-order valence-corrected chi connectivity index (χ4v) is 1.41. The second kappa shape index (κ2) is 6.93. The third kappa shape index (κ3) is 6.64. The molecule has 0 N–H and O–H groups in total. The van der Waals surface area contributed by atoms with Crippen molar-refractivity contribution in [1.29, 1.82) is 0 Å². The normalized spacial score (nSPS) is 16.4. The molecule has 0 amide bonds. The first-order chi connectivity index (χ1) is 5.20. The van der Waals surface area contributed by atoms with Gasteiger partial charge >= 0.3 is 0 Å². The lowest BCUT2D eigenvalue weighted by molar-refractivity contribution is 0.109. The molecule has 0 aromatic carbocycles. The zero-order valence-electron chi connectivity index (χ0n) is 7.77. The highest BCUT2D eigenvalue weighted by Gasteiger charge is 2.08. The van der Waals surface area contributed by atoms with Crippen LogP contribution >= 0.6 is 11.6 Å². The summed E-state index contributed by atoms with van der Waals surface area (Å²) in [7, 11) is 1.73. The van der Waals surface area contributed by atoms with Crippen LogP contribution in [0.15, 0.2) is 0 Å². The van der Waals surface area contributed by atoms with E-state index in [0.717, 1.165) is 12.8 Å². The highest BCUT2D eigenvalue weighted by atomic mass is 35.5. The maximum absolute atomic E-state index is 6.05. The van der Waals surface area contributed by atoms with Gasteiger partial charge in [-0.15, -0.1) is 11.6 Å². The molecule has 0 aliphatic heterocycles. The van der Waals surface area contributed by atoms with E-state index in [1.165, 1.54) is 12.8 Å². The van der Waals surface area contributed by atoms with Gasteiger partial charge in [-0.3, -0.25) is 0 Å². The molecule has 2 atom stereocenters. The Morgan fingerprint density at radius 2 is 2.09 bits per heavy atom. The lowest BCUT2D eigenvalue weighted by Crippen LogP contribution is -2.12. The highest BCUT2D eigenvalue weighted by Crippen LogP contribution is 2.14. The fraction of sp³-hybridized carbons (Fsp3) is 1.00. The Balaban J connectivity index is 3.27. The quantitative estimate of drug-likeness (QED) is 0.568. The van der Waals surface area contributed by atoms with Crippen LogP contribution < -0.4 is 0 Å². The molecule has 0 aromatic rings. The lowest BCUT2D eigenvalue weighted by Gasteiger charge is -2.13. The smallest absolute Gasteiger partial charge is 0.0557 e. The first kappa shape index (κ1) is 11.2. The van der Waals surface area contributed by atoms with E-state index >= 15 is 0 Å². The van der Waals surface area contributed by atoms with Gasteiger partial charge in [0.05, 0.1) is 6.10 Å². The number of hydrogen-bond donors (Lipinski definition) is 0. The van der Waals surface area contributed by atoms with E-state index in [2.05, 4.69) is 13.8 Å². The Hall–Kier alpha value is 0.250. The summed E-state index contributed by atoms with van der Waals surface area (Å²) in [6.45, 7) is 4.24. The number of methoxy groups -OCH3 is 1. The van der Waals surface area contributed by atoms with E-state index in [1.54, 1.807) is 7.11 Å². The van der Waals surface area contributed by atoms with Gasteiger partial charge in [0.2, 0.25) is 0 Å². The first-order valence-corrected chi connectivity index (χ1v) is 4.81. The topological polar surface area (TPSA) is 9.23 Å². The van der Waals surface area contributed by atoms with Gasteiger partial charge in [0.1, 0.15) is 0 Å². The molecule has 0 spiro atoms. The maximum atomic E-state index is 6.05. The second-order valence-corrected chi connectivity index (χ2v) is 3.64. The Morgan fingerprint density at radius 1 is 1.45 bits per heavy atom. The summed E-state index contributed by atoms with van der Waals surface area (Å²) in [5.74, 6) is 0. The van der Waals surface area contributed by atoms with Crippen molar-refractivity contribution in [3.05, 3.63) is 0 Å². The number of unbranched alkanes of at least 4 members (excludes halogenated alkanes) is 1. The summed E-state index contributed by atoms with van der Waals surface area (Å²) >= 11 is 6.05. The summed E-state index contributed by atoms with van der Waals surface area (Å²) in [6.07, 6.45) is 4.84. The van der Waals surface area contributed by atoms with Crippen molar-refractivity contribution >= 4 is 11.6 Å². The summed E-state index contributed by atoms with van der Waals surface area (Å²) in [4.78, 5) is 0. The largest absolute Gasteiger partial charge is 0.382 e. The van der Waals surface area contributed by atoms with Crippen LogP contribution in [0.3, 0.4) is 0 Å². The zero-order chi connectivity index (χ0) is 8.69. The predicted molar refractivity (Wildman–Crippen MR) is 50.3 cm³/mol. The van der Waals surface area contributed by atoms with Gasteiger partial charge in [0.15, 0.2) is 0 Å². The SMILES string of the molecule is CCCCC(Cl)CC(C)OC. The lowest BCUT2D eigenvalue weighted by atomic mass is 10.1. The molecule has 1 nitrogen and oxygen atoms in total. The summed E-state index contributed by atoms with van der Waals surface area (Å²) in [5.41, 5.74) is 0. The molecular weight excluding hydrogens is 160 g/mol. The average molecular weight is 179 g/mol. The highest BCUT2D eigenvalue weighted by molar-refractivity contribution is 6.20. The summed E-state index contributed by atoms with van der Waals surface area (Å²) in [5, 5.41) is 0.296. The third-order valence-electron chi connectivity index (χ3n) is 1.86. The molecule has 0 aliphatic rings. The van der Waals surface area contributed by atoms with Crippen LogP contribution in [0.1, 0.15) is 39.5 Å². The van der Waals surface area contributed by atoms with Crippen molar-refractivity contribution < 1.29 is 4.74 Å². The van der Waals surface area contributed by atoms with Crippen LogP contribution in [-0.4, -0.2) is 18.6 Å². The van der Waals surface area contributed by atoms with Gasteiger partial charge in [0, 0.05) is 12.5 Å². The molecular formula is C9H19ClO. The fourth-order valence-electron chi connectivity index (χ4n) is 1.000. The minimum atomic E-state index is 0.296. The Bertz CT molecular complexity index is 85.6. The molecule has 0 fully saturated rings. The van der Waals surface area contributed by atoms with Gasteiger partial charge in [0.25, 0.3) is 0 Å². The molecule has 0 saturated carbocycles. The number of alkyl halides is 1. The minimum absolute atomic E-state index is 0.296. The molecule has 2 heteroatoms. The average Bonchev–Trinajstić information content (AvgIpc) is 2.00. The van der Waals surface area contributed by atoms with Crippen molar-refractivity contribution in [3.63, 3.8) is 0 Å². The molecule has 68 valence electrons. The molecule has 0 bridgehead atoms. The molecule has 0 heterocycles. The van der Waals surface area contributed by atoms with E-state index in [9.17, 15) is 0 Å². The third-order valence-corrected chi connectivity index (χ3v) is 2.26. The first-order valence-electron chi connectivity index (χ1n) is 4.37. The standard InChI is InChI=1S/C9H19ClO/c1-4-5-6-9(10)7-8(2)11-3/h8-9H,4-7H2,1-3H3. The summed E-state index contributed by atoms with van der Waals surface area (Å²) in [6, 6.07) is 0. The summed E-state index contributed by atoms with van der Waals surface area (Å²) < 4.78 is 5.12. The zero-order valence-corrected chi connectivity index (χ0v) is 8.53. The molecule has 0 rings (SSSR count). The molecule has 2 unspecified atom stereocenters. The monoisotopic (exact) mass is 178 g/mol. The Morgan fingerprint density at radius 3 is 2.55 bits per heavy atom. The van der Waals surface area contributed by atoms with Crippen molar-refractivity contribution in [2.75, 3.05) is 7.11 Å². The second-order valence-electron chi connectivity index (χ2n) is 3.02. The van der Waals surface area contributed by atoms with Gasteiger partial charge in [-0.1, -0.05) is 19.8 Å². The van der Waals surface area contributed by atoms with Crippen molar-refractivity contribution in [1.82, 2.24) is 0 Å². The Labute approximate surface area is 75.1 Å². The van der Waals surface area contributed by atoms with Crippen LogP contribution in [0.4, 0.5) is 0 Å². The molecule has 11 heavy (non-hydrogen) atoms. The molecule has 0 saturated heterocycles. The van der Waals surface area contributed by atoms with Gasteiger partial charge in [-0.25, -0.2) is 0 Å². The van der Waals surface area contributed by atoms with E-state index in [4.69, 9.17) is 16.3 Å². The Kier molecular flexibility index (Phi) is 7.09. The molecule has 0 aliphatic carbocycles. The minimum Gasteiger partial charge on any atom is -0.382 e. The van der Waals surface area contributed by atoms with Gasteiger partial charge in [-0.2, -0.15) is 0 Å². The van der Waals surface area contributed by atoms with E-state index < -0.39 is 0 Å². The number of halogens is 1. The predicted octanol–water partition coefficient (Wildman–Crippen LogP) is 3.21. The van der Waals surface area contributed by atoms with Crippen molar-refractivity contribution in [2.24, 2.45) is 0 Å². The number of hydrogen-bond acceptors (Lipinski definition) is 1. The molecule has 0 radical (unpaired) electrons. The number of ether oxygens (including phenoxy) is 1. The van der Waals surface area contributed by atoms with E-state index in [-0.39, 0.29) is 0 Å². The van der Waals surface area contributed by atoms with Crippen molar-refractivity contribution in [2.45, 2.75) is 51.0 Å². The number of rotatable bonds is 6. The van der Waals surface area contributed by atoms with Crippen LogP contribution in [-0.2, 0) is 4.74 Å². The van der Waals surface area contributed by atoms with Crippen LogP contribution in [0.2, 0.25) is 0 Å². The van der Waals surface area contributed by atoms with Crippen LogP contribution in [0, 0.1) is 0 Å². The van der Waals surface area contributed by atoms with Crippen LogP contribution in [0.25, 0.3) is 0 Å². The van der Waals surface area contributed by atoms with Crippen molar-refractivity contribution in [3.8, 4) is 0 Å². The van der Waals surface area contributed by atoms with Gasteiger partial charge < -0.3 is 4.74 Å². The van der Waals surface area contributed by atoms with E-state index in [0.29, 0.717) is 11.5 Å². The van der Waals surface area contributed by atoms with Gasteiger partial charge in [-0.05, 0) is 19.8 Å².